The molecule has 0 rings (SSSR count). The van der Waals surface area contributed by atoms with Crippen molar-refractivity contribution in [2.75, 3.05) is 6.54 Å². The topological polar surface area (TPSA) is 29.4 Å². The van der Waals surface area contributed by atoms with Crippen molar-refractivity contribution in [2.45, 2.75) is 32.9 Å². The molecule has 0 radical (unpaired) electrons. The van der Waals surface area contributed by atoms with Crippen molar-refractivity contribution in [3.05, 3.63) is 0 Å². The molecule has 13 heavy (non-hydrogen) atoms. The normalized spacial score (nSPS) is 13.2. The number of carbonyl (C=O) groups excluding carboxylic acids is 1. The summed E-state index contributed by atoms with van der Waals surface area (Å²) < 4.78 is 36.4. The molecule has 0 aliphatic rings. The second-order valence-corrected chi connectivity index (χ2v) is 2.70. The summed E-state index contributed by atoms with van der Waals surface area (Å²) in [6, 6.07) is 0. The minimum Gasteiger partial charge on any atom is -0.300 e. The molecule has 0 aliphatic heterocycles. The van der Waals surface area contributed by atoms with Gasteiger partial charge in [0.1, 0.15) is 11.5 Å². The first-order chi connectivity index (χ1) is 5.88. The molecule has 76 valence electrons. The van der Waals surface area contributed by atoms with Crippen molar-refractivity contribution < 1.29 is 18.0 Å². The van der Waals surface area contributed by atoms with Crippen LogP contribution in [0.5, 0.6) is 0 Å². The Morgan fingerprint density at radius 3 is 2.23 bits per heavy atom. The van der Waals surface area contributed by atoms with Crippen molar-refractivity contribution in [3.8, 4) is 0 Å². The molecular formula is C8H12F3NO. The molecule has 0 saturated carbocycles. The maximum Gasteiger partial charge on any atom is 0.429 e. The van der Waals surface area contributed by atoms with Crippen LogP contribution in [0.2, 0.25) is 0 Å². The van der Waals surface area contributed by atoms with Gasteiger partial charge in [-0.25, -0.2) is 0 Å². The lowest BCUT2D eigenvalue weighted by Gasteiger charge is -2.08. The Hall–Kier alpha value is -0.870. The minimum atomic E-state index is -4.47. The standard InChI is InChI=1S/C8H12F3NO/c1-3-4-12-7(5-6(2)13)8(9,10)11/h3-5H2,1-2H3. The maximum absolute atomic E-state index is 12.1. The summed E-state index contributed by atoms with van der Waals surface area (Å²) in [5, 5.41) is 0. The van der Waals surface area contributed by atoms with Crippen LogP contribution in [0.4, 0.5) is 13.2 Å². The zero-order valence-corrected chi connectivity index (χ0v) is 7.61. The molecule has 0 aromatic rings. The fraction of sp³-hybridized carbons (Fsp3) is 0.750. The maximum atomic E-state index is 12.1. The summed E-state index contributed by atoms with van der Waals surface area (Å²) >= 11 is 0. The fourth-order valence-electron chi connectivity index (χ4n) is 0.728. The Kier molecular flexibility index (Phi) is 4.66. The lowest BCUT2D eigenvalue weighted by molar-refractivity contribution is -0.117. The molecule has 2 nitrogen and oxygen atoms in total. The van der Waals surface area contributed by atoms with Crippen LogP contribution in [0.25, 0.3) is 0 Å². The van der Waals surface area contributed by atoms with Crippen LogP contribution in [0.1, 0.15) is 26.7 Å². The van der Waals surface area contributed by atoms with E-state index in [1.807, 2.05) is 0 Å². The molecule has 0 spiro atoms. The molecule has 0 fully saturated rings. The monoisotopic (exact) mass is 195 g/mol. The van der Waals surface area contributed by atoms with Crippen LogP contribution in [0, 0.1) is 0 Å². The number of alkyl halides is 3. The summed E-state index contributed by atoms with van der Waals surface area (Å²) in [7, 11) is 0. The summed E-state index contributed by atoms with van der Waals surface area (Å²) in [6.07, 6.45) is -4.55. The van der Waals surface area contributed by atoms with Crippen LogP contribution < -0.4 is 0 Å². The van der Waals surface area contributed by atoms with Crippen molar-refractivity contribution in [1.29, 1.82) is 0 Å². The molecule has 0 aliphatic carbocycles. The number of Topliss-reactive ketones (excluding diaryl/α,β-unsaturated/α-hetero) is 1. The molecule has 0 bridgehead atoms. The Balaban J connectivity index is 4.46. The van der Waals surface area contributed by atoms with Crippen LogP contribution in [-0.2, 0) is 4.79 Å². The third-order valence-electron chi connectivity index (χ3n) is 1.27. The summed E-state index contributed by atoms with van der Waals surface area (Å²) in [4.78, 5) is 13.8. The van der Waals surface area contributed by atoms with Gasteiger partial charge in [0.15, 0.2) is 0 Å². The molecule has 0 unspecified atom stereocenters. The molecule has 0 saturated heterocycles. The van der Waals surface area contributed by atoms with Crippen LogP contribution in [-0.4, -0.2) is 24.2 Å². The zero-order valence-electron chi connectivity index (χ0n) is 7.61. The first-order valence-electron chi connectivity index (χ1n) is 3.98. The van der Waals surface area contributed by atoms with Gasteiger partial charge in [0.25, 0.3) is 0 Å². The fourth-order valence-corrected chi connectivity index (χ4v) is 0.728. The highest BCUT2D eigenvalue weighted by molar-refractivity contribution is 6.03. The summed E-state index contributed by atoms with van der Waals surface area (Å²) in [5.41, 5.74) is -0.971. The highest BCUT2D eigenvalue weighted by Gasteiger charge is 2.35. The van der Waals surface area contributed by atoms with Gasteiger partial charge in [-0.1, -0.05) is 6.92 Å². The molecular weight excluding hydrogens is 183 g/mol. The molecule has 0 atom stereocenters. The molecule has 0 N–H and O–H groups in total. The van der Waals surface area contributed by atoms with Crippen LogP contribution in [0.3, 0.4) is 0 Å². The van der Waals surface area contributed by atoms with E-state index in [0.717, 1.165) is 6.92 Å². The Morgan fingerprint density at radius 2 is 1.92 bits per heavy atom. The van der Waals surface area contributed by atoms with Gasteiger partial charge in [-0.15, -0.1) is 0 Å². The number of carbonyl (C=O) groups is 1. The van der Waals surface area contributed by atoms with Gasteiger partial charge < -0.3 is 0 Å². The number of hydrogen-bond donors (Lipinski definition) is 0. The number of nitrogens with zero attached hydrogens (tertiary/aromatic N) is 1. The molecule has 5 heteroatoms. The number of hydrogen-bond acceptors (Lipinski definition) is 2. The second-order valence-electron chi connectivity index (χ2n) is 2.70. The molecule has 0 amide bonds. The Morgan fingerprint density at radius 1 is 1.38 bits per heavy atom. The van der Waals surface area contributed by atoms with Crippen molar-refractivity contribution in [3.63, 3.8) is 0 Å². The Labute approximate surface area is 74.8 Å². The summed E-state index contributed by atoms with van der Waals surface area (Å²) in [6.45, 7) is 2.96. The third kappa shape index (κ3) is 5.38. The first kappa shape index (κ1) is 12.1. The van der Waals surface area contributed by atoms with Gasteiger partial charge in [-0.05, 0) is 13.3 Å². The van der Waals surface area contributed by atoms with E-state index in [0.29, 0.717) is 6.42 Å². The number of halogens is 3. The van der Waals surface area contributed by atoms with E-state index in [9.17, 15) is 18.0 Å². The second kappa shape index (κ2) is 4.99. The lowest BCUT2D eigenvalue weighted by atomic mass is 10.2. The van der Waals surface area contributed by atoms with Gasteiger partial charge >= 0.3 is 6.18 Å². The predicted octanol–water partition coefficient (Wildman–Crippen LogP) is 2.38. The van der Waals surface area contributed by atoms with E-state index < -0.39 is 24.1 Å². The number of rotatable bonds is 4. The van der Waals surface area contributed by atoms with E-state index in [2.05, 4.69) is 4.99 Å². The van der Waals surface area contributed by atoms with Gasteiger partial charge in [-0.3, -0.25) is 9.79 Å². The van der Waals surface area contributed by atoms with E-state index in [4.69, 9.17) is 0 Å². The average Bonchev–Trinajstić information content (AvgIpc) is 1.95. The highest BCUT2D eigenvalue weighted by Crippen LogP contribution is 2.19. The largest absolute Gasteiger partial charge is 0.429 e. The average molecular weight is 195 g/mol. The van der Waals surface area contributed by atoms with Crippen LogP contribution >= 0.6 is 0 Å². The highest BCUT2D eigenvalue weighted by atomic mass is 19.4. The van der Waals surface area contributed by atoms with E-state index in [1.54, 1.807) is 6.92 Å². The molecule has 0 aromatic heterocycles. The van der Waals surface area contributed by atoms with Gasteiger partial charge in [0, 0.05) is 6.54 Å². The van der Waals surface area contributed by atoms with E-state index in [-0.39, 0.29) is 6.54 Å². The predicted molar refractivity (Wildman–Crippen MR) is 43.9 cm³/mol. The van der Waals surface area contributed by atoms with E-state index >= 15 is 0 Å². The van der Waals surface area contributed by atoms with Crippen LogP contribution in [0.15, 0.2) is 4.99 Å². The van der Waals surface area contributed by atoms with Gasteiger partial charge in [0.05, 0.1) is 6.42 Å². The lowest BCUT2D eigenvalue weighted by Crippen LogP contribution is -2.25. The van der Waals surface area contributed by atoms with Crippen molar-refractivity contribution >= 4 is 11.5 Å². The number of ketones is 1. The molecule has 0 heterocycles. The quantitative estimate of drug-likeness (QED) is 0.633. The van der Waals surface area contributed by atoms with Gasteiger partial charge in [-0.2, -0.15) is 13.2 Å². The number of aliphatic imine (C=N–C) groups is 1. The SMILES string of the molecule is CCCN=C(CC(C)=O)C(F)(F)F. The van der Waals surface area contributed by atoms with E-state index in [1.165, 1.54) is 0 Å². The minimum absolute atomic E-state index is 0.113. The summed E-state index contributed by atoms with van der Waals surface area (Å²) in [5.74, 6) is -0.521. The van der Waals surface area contributed by atoms with Crippen molar-refractivity contribution in [1.82, 2.24) is 0 Å². The molecule has 0 aromatic carbocycles. The van der Waals surface area contributed by atoms with Crippen molar-refractivity contribution in [2.24, 2.45) is 4.99 Å². The first-order valence-corrected chi connectivity index (χ1v) is 3.98. The smallest absolute Gasteiger partial charge is 0.300 e. The third-order valence-corrected chi connectivity index (χ3v) is 1.27. The Bertz CT molecular complexity index is 208. The zero-order chi connectivity index (χ0) is 10.5. The van der Waals surface area contributed by atoms with Gasteiger partial charge in [0.2, 0.25) is 0 Å².